The van der Waals surface area contributed by atoms with E-state index in [0.717, 1.165) is 29.4 Å². The highest BCUT2D eigenvalue weighted by Gasteiger charge is 2.34. The average molecular weight is 245 g/mol. The van der Waals surface area contributed by atoms with Crippen molar-refractivity contribution in [1.82, 2.24) is 0 Å². The molecule has 1 aromatic carbocycles. The van der Waals surface area contributed by atoms with Gasteiger partial charge in [-0.05, 0) is 18.2 Å². The van der Waals surface area contributed by atoms with Crippen molar-refractivity contribution in [3.8, 4) is 6.07 Å². The van der Waals surface area contributed by atoms with Gasteiger partial charge in [-0.1, -0.05) is 0 Å². The molecule has 0 bridgehead atoms. The Hall–Kier alpha value is -1.67. The minimum Gasteiger partial charge on any atom is -0.356 e. The molecule has 1 amide bonds. The smallest absolute Gasteiger partial charge is 0.247 e. The second-order valence-corrected chi connectivity index (χ2v) is 5.27. The van der Waals surface area contributed by atoms with Crippen LogP contribution in [0.4, 0.5) is 11.4 Å². The van der Waals surface area contributed by atoms with E-state index in [1.807, 2.05) is 12.1 Å². The first-order chi connectivity index (χ1) is 8.29. The Morgan fingerprint density at radius 1 is 1.53 bits per heavy atom. The molecular weight excluding hydrogens is 234 g/mol. The summed E-state index contributed by atoms with van der Waals surface area (Å²) in [6, 6.07) is 7.45. The Balaban J connectivity index is 2.08. The molecule has 3 rings (SSSR count). The van der Waals surface area contributed by atoms with Crippen LogP contribution in [-0.2, 0) is 4.79 Å². The molecule has 17 heavy (non-hydrogen) atoms. The van der Waals surface area contributed by atoms with Gasteiger partial charge in [-0.25, -0.2) is 0 Å². The zero-order valence-corrected chi connectivity index (χ0v) is 9.96. The third-order valence-corrected chi connectivity index (χ3v) is 4.15. The quantitative estimate of drug-likeness (QED) is 0.751. The van der Waals surface area contributed by atoms with E-state index in [0.29, 0.717) is 5.56 Å². The first-order valence-electron chi connectivity index (χ1n) is 5.49. The maximum Gasteiger partial charge on any atom is 0.247 e. The Bertz CT molecular complexity index is 523. The van der Waals surface area contributed by atoms with Gasteiger partial charge in [-0.3, -0.25) is 4.79 Å². The van der Waals surface area contributed by atoms with E-state index in [-0.39, 0.29) is 11.9 Å². The fourth-order valence-corrected chi connectivity index (χ4v) is 3.32. The first kappa shape index (κ1) is 10.5. The number of thioether (sulfide) groups is 1. The molecule has 1 unspecified atom stereocenters. The molecule has 2 aliphatic rings. The average Bonchev–Trinajstić information content (AvgIpc) is 2.39. The number of hydrogen-bond donors (Lipinski definition) is 1. The number of fused-ring (bicyclic) bond motifs is 3. The largest absolute Gasteiger partial charge is 0.356 e. The lowest BCUT2D eigenvalue weighted by Crippen LogP contribution is -2.52. The highest BCUT2D eigenvalue weighted by molar-refractivity contribution is 7.99. The number of anilines is 2. The summed E-state index contributed by atoms with van der Waals surface area (Å²) in [5, 5.41) is 11.8. The standard InChI is InChI=1S/C12H11N3OS/c13-6-8-1-2-9-10(5-8)15-3-4-17-7-11(15)12(16)14-9/h1-2,5,11H,3-4,7H2,(H,14,16). The van der Waals surface area contributed by atoms with Crippen LogP contribution in [0.5, 0.6) is 0 Å². The van der Waals surface area contributed by atoms with E-state index in [9.17, 15) is 4.79 Å². The van der Waals surface area contributed by atoms with Gasteiger partial charge in [0, 0.05) is 18.1 Å². The van der Waals surface area contributed by atoms with Crippen molar-refractivity contribution in [2.45, 2.75) is 6.04 Å². The molecule has 86 valence electrons. The van der Waals surface area contributed by atoms with Crippen LogP contribution in [0.3, 0.4) is 0 Å². The number of carbonyl (C=O) groups is 1. The van der Waals surface area contributed by atoms with Crippen LogP contribution in [0.2, 0.25) is 0 Å². The Kier molecular flexibility index (Phi) is 2.45. The summed E-state index contributed by atoms with van der Waals surface area (Å²) in [5.74, 6) is 1.91. The molecule has 2 heterocycles. The first-order valence-corrected chi connectivity index (χ1v) is 6.64. The molecular formula is C12H11N3OS. The number of carbonyl (C=O) groups excluding carboxylic acids is 1. The molecule has 0 aromatic heterocycles. The van der Waals surface area contributed by atoms with Gasteiger partial charge in [-0.15, -0.1) is 0 Å². The molecule has 0 aliphatic carbocycles. The maximum atomic E-state index is 11.9. The van der Waals surface area contributed by atoms with Crippen molar-refractivity contribution >= 4 is 29.0 Å². The highest BCUT2D eigenvalue weighted by Crippen LogP contribution is 2.35. The summed E-state index contributed by atoms with van der Waals surface area (Å²) >= 11 is 1.80. The minimum absolute atomic E-state index is 0.0643. The third-order valence-electron chi connectivity index (χ3n) is 3.13. The van der Waals surface area contributed by atoms with E-state index in [1.54, 1.807) is 17.8 Å². The predicted octanol–water partition coefficient (Wildman–Crippen LogP) is 1.43. The molecule has 0 radical (unpaired) electrons. The lowest BCUT2D eigenvalue weighted by molar-refractivity contribution is -0.117. The van der Waals surface area contributed by atoms with Crippen LogP contribution < -0.4 is 10.2 Å². The Morgan fingerprint density at radius 2 is 2.41 bits per heavy atom. The third kappa shape index (κ3) is 1.65. The predicted molar refractivity (Wildman–Crippen MR) is 68.2 cm³/mol. The number of benzene rings is 1. The van der Waals surface area contributed by atoms with Crippen LogP contribution >= 0.6 is 11.8 Å². The van der Waals surface area contributed by atoms with E-state index >= 15 is 0 Å². The summed E-state index contributed by atoms with van der Waals surface area (Å²) < 4.78 is 0. The number of nitriles is 1. The van der Waals surface area contributed by atoms with Crippen molar-refractivity contribution < 1.29 is 4.79 Å². The second kappa shape index (κ2) is 3.97. The summed E-state index contributed by atoms with van der Waals surface area (Å²) in [7, 11) is 0. The Labute approximate surface area is 104 Å². The van der Waals surface area contributed by atoms with Gasteiger partial charge in [0.2, 0.25) is 5.91 Å². The van der Waals surface area contributed by atoms with Crippen LogP contribution in [0, 0.1) is 11.3 Å². The second-order valence-electron chi connectivity index (χ2n) is 4.12. The number of rotatable bonds is 0. The summed E-state index contributed by atoms with van der Waals surface area (Å²) in [4.78, 5) is 14.0. The zero-order valence-electron chi connectivity index (χ0n) is 9.14. The molecule has 1 fully saturated rings. The van der Waals surface area contributed by atoms with Crippen LogP contribution in [0.1, 0.15) is 5.56 Å². The topological polar surface area (TPSA) is 56.1 Å². The molecule has 4 nitrogen and oxygen atoms in total. The van der Waals surface area contributed by atoms with E-state index in [4.69, 9.17) is 5.26 Å². The lowest BCUT2D eigenvalue weighted by Gasteiger charge is -2.40. The molecule has 0 saturated carbocycles. The van der Waals surface area contributed by atoms with Gasteiger partial charge in [0.05, 0.1) is 23.0 Å². The van der Waals surface area contributed by atoms with Crippen LogP contribution in [-0.4, -0.2) is 30.0 Å². The normalized spacial score (nSPS) is 22.2. The lowest BCUT2D eigenvalue weighted by atomic mass is 10.1. The molecule has 1 aromatic rings. The van der Waals surface area contributed by atoms with Crippen molar-refractivity contribution in [3.05, 3.63) is 23.8 Å². The summed E-state index contributed by atoms with van der Waals surface area (Å²) in [6.45, 7) is 0.866. The maximum absolute atomic E-state index is 11.9. The number of nitrogens with zero attached hydrogens (tertiary/aromatic N) is 2. The van der Waals surface area contributed by atoms with Crippen LogP contribution in [0.15, 0.2) is 18.2 Å². The fraction of sp³-hybridized carbons (Fsp3) is 0.333. The van der Waals surface area contributed by atoms with Crippen LogP contribution in [0.25, 0.3) is 0 Å². The zero-order chi connectivity index (χ0) is 11.8. The van der Waals surface area contributed by atoms with Gasteiger partial charge in [-0.2, -0.15) is 17.0 Å². The van der Waals surface area contributed by atoms with Gasteiger partial charge in [0.25, 0.3) is 0 Å². The summed E-state index contributed by atoms with van der Waals surface area (Å²) in [5.41, 5.74) is 2.43. The van der Waals surface area contributed by atoms with Crippen molar-refractivity contribution in [2.24, 2.45) is 0 Å². The van der Waals surface area contributed by atoms with E-state index in [2.05, 4.69) is 16.3 Å². The van der Waals surface area contributed by atoms with Gasteiger partial charge >= 0.3 is 0 Å². The number of nitrogens with one attached hydrogen (secondary N) is 1. The molecule has 0 spiro atoms. The Morgan fingerprint density at radius 3 is 3.24 bits per heavy atom. The number of amides is 1. The van der Waals surface area contributed by atoms with Gasteiger partial charge < -0.3 is 10.2 Å². The van der Waals surface area contributed by atoms with Gasteiger partial charge in [0.15, 0.2) is 0 Å². The van der Waals surface area contributed by atoms with Crippen molar-refractivity contribution in [3.63, 3.8) is 0 Å². The summed E-state index contributed by atoms with van der Waals surface area (Å²) in [6.07, 6.45) is 0. The highest BCUT2D eigenvalue weighted by atomic mass is 32.2. The molecule has 5 heteroatoms. The molecule has 2 aliphatic heterocycles. The molecule has 1 saturated heterocycles. The monoisotopic (exact) mass is 245 g/mol. The van der Waals surface area contributed by atoms with Crippen molar-refractivity contribution in [2.75, 3.05) is 28.3 Å². The SMILES string of the molecule is N#Cc1ccc2c(c1)N1CCSCC1C(=O)N2. The van der Waals surface area contributed by atoms with Gasteiger partial charge in [0.1, 0.15) is 6.04 Å². The minimum atomic E-state index is -0.0878. The fourth-order valence-electron chi connectivity index (χ4n) is 2.27. The number of hydrogen-bond acceptors (Lipinski definition) is 4. The van der Waals surface area contributed by atoms with E-state index < -0.39 is 0 Å². The van der Waals surface area contributed by atoms with Crippen molar-refractivity contribution in [1.29, 1.82) is 5.26 Å². The molecule has 1 atom stereocenters. The molecule has 1 N–H and O–H groups in total. The van der Waals surface area contributed by atoms with E-state index in [1.165, 1.54) is 0 Å².